The highest BCUT2D eigenvalue weighted by Gasteiger charge is 2.30. The summed E-state index contributed by atoms with van der Waals surface area (Å²) in [4.78, 5) is 14.1. The number of nitrogens with zero attached hydrogens (tertiary/aromatic N) is 1. The fourth-order valence-corrected chi connectivity index (χ4v) is 3.30. The average molecular weight is 320 g/mol. The average Bonchev–Trinajstić information content (AvgIpc) is 3.12. The van der Waals surface area contributed by atoms with Gasteiger partial charge < -0.3 is 9.32 Å². The molecule has 0 fully saturated rings. The van der Waals surface area contributed by atoms with Gasteiger partial charge in [0.2, 0.25) is 5.09 Å². The first kappa shape index (κ1) is 14.8. The molecule has 1 aliphatic carbocycles. The number of rotatable bonds is 3. The molecule has 0 unspecified atom stereocenters. The molecule has 6 nitrogen and oxygen atoms in total. The van der Waals surface area contributed by atoms with Gasteiger partial charge in [0.05, 0.1) is 6.04 Å². The van der Waals surface area contributed by atoms with Crippen molar-refractivity contribution in [1.29, 1.82) is 0 Å². The molecule has 0 bridgehead atoms. The summed E-state index contributed by atoms with van der Waals surface area (Å²) < 4.78 is 27.5. The molecule has 22 heavy (non-hydrogen) atoms. The summed E-state index contributed by atoms with van der Waals surface area (Å²) in [6.45, 7) is 0. The van der Waals surface area contributed by atoms with Crippen molar-refractivity contribution in [2.75, 3.05) is 7.05 Å². The number of hydrogen-bond donors (Lipinski definition) is 1. The number of benzene rings is 1. The number of nitrogens with two attached hydrogens (primary N) is 1. The summed E-state index contributed by atoms with van der Waals surface area (Å²) in [6, 6.07) is 10.5. The minimum atomic E-state index is -3.95. The van der Waals surface area contributed by atoms with Crippen LogP contribution in [0, 0.1) is 0 Å². The third-order valence-corrected chi connectivity index (χ3v) is 4.74. The zero-order chi connectivity index (χ0) is 15.9. The molecule has 2 aromatic rings. The smallest absolute Gasteiger partial charge is 0.289 e. The van der Waals surface area contributed by atoms with Crippen LogP contribution in [0.5, 0.6) is 0 Å². The molecule has 2 N–H and O–H groups in total. The van der Waals surface area contributed by atoms with Crippen molar-refractivity contribution in [3.63, 3.8) is 0 Å². The number of hydrogen-bond acceptors (Lipinski definition) is 4. The predicted molar refractivity (Wildman–Crippen MR) is 79.7 cm³/mol. The van der Waals surface area contributed by atoms with Crippen LogP contribution in [0.15, 0.2) is 45.9 Å². The highest BCUT2D eigenvalue weighted by atomic mass is 32.2. The van der Waals surface area contributed by atoms with Gasteiger partial charge >= 0.3 is 0 Å². The molecule has 1 atom stereocenters. The van der Waals surface area contributed by atoms with Gasteiger partial charge in [-0.05, 0) is 36.1 Å². The summed E-state index contributed by atoms with van der Waals surface area (Å²) in [5.74, 6) is -0.396. The van der Waals surface area contributed by atoms with Gasteiger partial charge in [0.15, 0.2) is 5.76 Å². The lowest BCUT2D eigenvalue weighted by molar-refractivity contribution is 0.0692. The van der Waals surface area contributed by atoms with Crippen LogP contribution >= 0.6 is 0 Å². The van der Waals surface area contributed by atoms with Crippen molar-refractivity contribution in [3.8, 4) is 0 Å². The molecule has 0 spiro atoms. The number of fused-ring (bicyclic) bond motifs is 1. The van der Waals surface area contributed by atoms with E-state index < -0.39 is 15.1 Å². The van der Waals surface area contributed by atoms with Crippen molar-refractivity contribution >= 4 is 15.9 Å². The Morgan fingerprint density at radius 3 is 2.68 bits per heavy atom. The first-order chi connectivity index (χ1) is 10.4. The molecule has 0 aliphatic heterocycles. The van der Waals surface area contributed by atoms with E-state index in [0.29, 0.717) is 0 Å². The number of aryl methyl sites for hydroxylation is 1. The Labute approximate surface area is 128 Å². The summed E-state index contributed by atoms with van der Waals surface area (Å²) in [7, 11) is -2.26. The van der Waals surface area contributed by atoms with Crippen LogP contribution in [0.3, 0.4) is 0 Å². The number of furan rings is 1. The second-order valence-corrected chi connectivity index (χ2v) is 6.83. The van der Waals surface area contributed by atoms with Crippen LogP contribution in [0.4, 0.5) is 0 Å². The SMILES string of the molecule is CN(C(=O)c1ccc(S(N)(=O)=O)o1)[C@@H]1CCc2ccccc21. The lowest BCUT2D eigenvalue weighted by atomic mass is 10.1. The molecular formula is C15H16N2O4S. The van der Waals surface area contributed by atoms with E-state index in [1.54, 1.807) is 11.9 Å². The first-order valence-electron chi connectivity index (χ1n) is 6.85. The van der Waals surface area contributed by atoms with Gasteiger partial charge in [0.1, 0.15) is 0 Å². The van der Waals surface area contributed by atoms with Crippen LogP contribution in [0.2, 0.25) is 0 Å². The van der Waals surface area contributed by atoms with Gasteiger partial charge in [0.25, 0.3) is 15.9 Å². The first-order valence-corrected chi connectivity index (χ1v) is 8.40. The minimum Gasteiger partial charge on any atom is -0.438 e. The lowest BCUT2D eigenvalue weighted by Crippen LogP contribution is -2.29. The van der Waals surface area contributed by atoms with Gasteiger partial charge in [-0.25, -0.2) is 13.6 Å². The zero-order valence-corrected chi connectivity index (χ0v) is 12.8. The van der Waals surface area contributed by atoms with E-state index in [0.717, 1.165) is 18.4 Å². The molecule has 3 rings (SSSR count). The number of amides is 1. The number of sulfonamides is 1. The standard InChI is InChI=1S/C15H16N2O4S/c1-17(12-7-6-10-4-2-3-5-11(10)12)15(18)13-8-9-14(21-13)22(16,19)20/h2-5,8-9,12H,6-7H2,1H3,(H2,16,19,20)/t12-/m1/s1. The molecule has 1 heterocycles. The third kappa shape index (κ3) is 2.53. The van der Waals surface area contributed by atoms with E-state index >= 15 is 0 Å². The largest absolute Gasteiger partial charge is 0.438 e. The van der Waals surface area contributed by atoms with Crippen LogP contribution in [-0.2, 0) is 16.4 Å². The molecule has 1 aromatic heterocycles. The third-order valence-electron chi connectivity index (χ3n) is 3.96. The number of carbonyl (C=O) groups excluding carboxylic acids is 1. The Kier molecular flexibility index (Phi) is 3.54. The fraction of sp³-hybridized carbons (Fsp3) is 0.267. The fourth-order valence-electron chi connectivity index (χ4n) is 2.84. The lowest BCUT2D eigenvalue weighted by Gasteiger charge is -2.24. The Morgan fingerprint density at radius 1 is 1.27 bits per heavy atom. The van der Waals surface area contributed by atoms with Gasteiger partial charge in [0, 0.05) is 7.05 Å². The van der Waals surface area contributed by atoms with E-state index in [1.807, 2.05) is 18.2 Å². The molecule has 1 amide bonds. The minimum absolute atomic E-state index is 0.0316. The normalized spacial score (nSPS) is 17.3. The highest BCUT2D eigenvalue weighted by molar-refractivity contribution is 7.89. The molecule has 1 aliphatic rings. The second-order valence-electron chi connectivity index (χ2n) is 5.33. The van der Waals surface area contributed by atoms with Crippen molar-refractivity contribution in [1.82, 2.24) is 4.90 Å². The van der Waals surface area contributed by atoms with E-state index in [2.05, 4.69) is 6.07 Å². The predicted octanol–water partition coefficient (Wildman–Crippen LogP) is 1.69. The Balaban J connectivity index is 1.86. The maximum absolute atomic E-state index is 12.5. The number of primary sulfonamides is 1. The summed E-state index contributed by atoms with van der Waals surface area (Å²) >= 11 is 0. The van der Waals surface area contributed by atoms with E-state index in [4.69, 9.17) is 9.56 Å². The van der Waals surface area contributed by atoms with Crippen LogP contribution < -0.4 is 5.14 Å². The van der Waals surface area contributed by atoms with Crippen molar-refractivity contribution in [3.05, 3.63) is 53.3 Å². The zero-order valence-electron chi connectivity index (χ0n) is 12.0. The molecule has 7 heteroatoms. The van der Waals surface area contributed by atoms with Crippen LogP contribution in [-0.4, -0.2) is 26.3 Å². The van der Waals surface area contributed by atoms with Crippen molar-refractivity contribution in [2.45, 2.75) is 24.0 Å². The van der Waals surface area contributed by atoms with Crippen molar-refractivity contribution in [2.24, 2.45) is 5.14 Å². The Bertz CT molecular complexity index is 826. The Hall–Kier alpha value is -2.12. The van der Waals surface area contributed by atoms with E-state index in [9.17, 15) is 13.2 Å². The van der Waals surface area contributed by atoms with Crippen LogP contribution in [0.25, 0.3) is 0 Å². The second kappa shape index (κ2) is 5.26. The monoisotopic (exact) mass is 320 g/mol. The quantitative estimate of drug-likeness (QED) is 0.931. The maximum atomic E-state index is 12.5. The molecule has 0 saturated heterocycles. The number of carbonyl (C=O) groups is 1. The summed E-state index contributed by atoms with van der Waals surface area (Å²) in [5, 5.41) is 4.58. The van der Waals surface area contributed by atoms with Gasteiger partial charge in [-0.3, -0.25) is 4.79 Å². The Morgan fingerprint density at radius 2 is 2.00 bits per heavy atom. The molecule has 0 radical (unpaired) electrons. The van der Waals surface area contributed by atoms with Gasteiger partial charge in [-0.1, -0.05) is 24.3 Å². The van der Waals surface area contributed by atoms with Crippen molar-refractivity contribution < 1.29 is 17.6 Å². The summed E-state index contributed by atoms with van der Waals surface area (Å²) in [5.41, 5.74) is 2.35. The van der Waals surface area contributed by atoms with Crippen LogP contribution in [0.1, 0.15) is 34.1 Å². The highest BCUT2D eigenvalue weighted by Crippen LogP contribution is 2.35. The topological polar surface area (TPSA) is 93.6 Å². The van der Waals surface area contributed by atoms with E-state index in [1.165, 1.54) is 17.7 Å². The summed E-state index contributed by atoms with van der Waals surface area (Å²) in [6.07, 6.45) is 1.75. The maximum Gasteiger partial charge on any atom is 0.289 e. The molecule has 1 aromatic carbocycles. The van der Waals surface area contributed by atoms with Gasteiger partial charge in [-0.15, -0.1) is 0 Å². The van der Waals surface area contributed by atoms with E-state index in [-0.39, 0.29) is 17.7 Å². The molecule has 116 valence electrons. The molecule has 0 saturated carbocycles. The molecular weight excluding hydrogens is 304 g/mol. The van der Waals surface area contributed by atoms with Gasteiger partial charge in [-0.2, -0.15) is 0 Å².